The van der Waals surface area contributed by atoms with Crippen LogP contribution in [0.4, 0.5) is 5.69 Å². The molecule has 3 aromatic rings. The third-order valence-corrected chi connectivity index (χ3v) is 4.39. The molecule has 2 N–H and O–H groups in total. The zero-order valence-corrected chi connectivity index (χ0v) is 14.9. The van der Waals surface area contributed by atoms with E-state index in [2.05, 4.69) is 15.6 Å². The summed E-state index contributed by atoms with van der Waals surface area (Å²) in [5.74, 6) is -0.0852. The van der Waals surface area contributed by atoms with E-state index in [9.17, 15) is 4.79 Å². The van der Waals surface area contributed by atoms with Gasteiger partial charge in [0.1, 0.15) is 0 Å². The molecule has 0 bridgehead atoms. The summed E-state index contributed by atoms with van der Waals surface area (Å²) in [6.45, 7) is 0.694. The first-order valence-corrected chi connectivity index (χ1v) is 8.67. The summed E-state index contributed by atoms with van der Waals surface area (Å²) in [6.07, 6.45) is 2.39. The Kier molecular flexibility index (Phi) is 5.74. The number of amides is 1. The molecule has 3 rings (SSSR count). The third-order valence-electron chi connectivity index (χ3n) is 3.80. The molecule has 4 nitrogen and oxygen atoms in total. The topological polar surface area (TPSA) is 54.0 Å². The minimum Gasteiger partial charge on any atom is -0.374 e. The van der Waals surface area contributed by atoms with Gasteiger partial charge < -0.3 is 10.6 Å². The number of halogens is 2. The van der Waals surface area contributed by atoms with Gasteiger partial charge in [0.05, 0.1) is 17.7 Å². The van der Waals surface area contributed by atoms with Crippen molar-refractivity contribution in [2.45, 2.75) is 6.42 Å². The van der Waals surface area contributed by atoms with Crippen molar-refractivity contribution < 1.29 is 4.79 Å². The van der Waals surface area contributed by atoms with E-state index in [1.54, 1.807) is 18.3 Å². The molecule has 0 unspecified atom stereocenters. The Morgan fingerprint density at radius 2 is 1.92 bits per heavy atom. The van der Waals surface area contributed by atoms with Gasteiger partial charge in [-0.25, -0.2) is 0 Å². The number of carbonyl (C=O) groups excluding carboxylic acids is 1. The van der Waals surface area contributed by atoms with Gasteiger partial charge in [-0.2, -0.15) is 0 Å². The van der Waals surface area contributed by atoms with E-state index < -0.39 is 0 Å². The molecule has 0 saturated carbocycles. The minimum absolute atomic E-state index is 0.0852. The fraction of sp³-hybridized carbons (Fsp3) is 0.158. The van der Waals surface area contributed by atoms with Gasteiger partial charge in [-0.05, 0) is 36.2 Å². The number of carbonyl (C=O) groups is 1. The number of nitrogens with one attached hydrogen (secondary N) is 2. The van der Waals surface area contributed by atoms with E-state index in [1.165, 1.54) is 0 Å². The minimum atomic E-state index is -0.0852. The number of para-hydroxylation sites is 1. The molecule has 2 aromatic carbocycles. The normalized spacial score (nSPS) is 10.6. The number of nitrogens with zero attached hydrogens (tertiary/aromatic N) is 1. The van der Waals surface area contributed by atoms with Crippen LogP contribution in [0.5, 0.6) is 0 Å². The SMILES string of the molecule is O=C(CNc1cccc2cccnc12)NCCc1ccc(Cl)cc1Cl. The highest BCUT2D eigenvalue weighted by Crippen LogP contribution is 2.21. The highest BCUT2D eigenvalue weighted by Gasteiger charge is 2.06. The van der Waals surface area contributed by atoms with Crippen molar-refractivity contribution in [2.75, 3.05) is 18.4 Å². The summed E-state index contributed by atoms with van der Waals surface area (Å²) >= 11 is 12.0. The summed E-state index contributed by atoms with van der Waals surface area (Å²) in [4.78, 5) is 16.4. The fourth-order valence-electron chi connectivity index (χ4n) is 2.55. The maximum absolute atomic E-state index is 12.0. The summed E-state index contributed by atoms with van der Waals surface area (Å²) < 4.78 is 0. The molecule has 128 valence electrons. The Balaban J connectivity index is 1.51. The number of aromatic nitrogens is 1. The summed E-state index contributed by atoms with van der Waals surface area (Å²) in [5, 5.41) is 8.26. The van der Waals surface area contributed by atoms with Crippen molar-refractivity contribution in [3.05, 3.63) is 70.3 Å². The predicted octanol–water partition coefficient (Wildman–Crippen LogP) is 4.31. The maximum Gasteiger partial charge on any atom is 0.239 e. The molecule has 0 spiro atoms. The lowest BCUT2D eigenvalue weighted by Gasteiger charge is -2.10. The van der Waals surface area contributed by atoms with Gasteiger partial charge in [-0.1, -0.05) is 47.5 Å². The van der Waals surface area contributed by atoms with Crippen LogP contribution in [-0.4, -0.2) is 24.0 Å². The van der Waals surface area contributed by atoms with Crippen molar-refractivity contribution in [3.63, 3.8) is 0 Å². The number of anilines is 1. The molecule has 0 radical (unpaired) electrons. The second kappa shape index (κ2) is 8.19. The Morgan fingerprint density at radius 3 is 2.76 bits per heavy atom. The lowest BCUT2D eigenvalue weighted by molar-refractivity contribution is -0.119. The highest BCUT2D eigenvalue weighted by atomic mass is 35.5. The summed E-state index contributed by atoms with van der Waals surface area (Å²) in [6, 6.07) is 15.1. The number of hydrogen-bond acceptors (Lipinski definition) is 3. The molecule has 0 fully saturated rings. The first-order chi connectivity index (χ1) is 12.1. The van der Waals surface area contributed by atoms with Crippen molar-refractivity contribution in [1.82, 2.24) is 10.3 Å². The van der Waals surface area contributed by atoms with E-state index in [0.717, 1.165) is 22.2 Å². The molecule has 0 aliphatic heterocycles. The summed E-state index contributed by atoms with van der Waals surface area (Å²) in [7, 11) is 0. The average Bonchev–Trinajstić information content (AvgIpc) is 2.62. The Hall–Kier alpha value is -2.30. The van der Waals surface area contributed by atoms with Gasteiger partial charge in [-0.15, -0.1) is 0 Å². The second-order valence-electron chi connectivity index (χ2n) is 5.57. The maximum atomic E-state index is 12.0. The molecule has 0 atom stereocenters. The molecular weight excluding hydrogens is 357 g/mol. The fourth-order valence-corrected chi connectivity index (χ4v) is 3.05. The molecule has 1 amide bonds. The Bertz CT molecular complexity index is 893. The molecule has 0 aliphatic rings. The average molecular weight is 374 g/mol. The monoisotopic (exact) mass is 373 g/mol. The number of fused-ring (bicyclic) bond motifs is 1. The van der Waals surface area contributed by atoms with Gasteiger partial charge in [0.15, 0.2) is 0 Å². The Labute approximate surface area is 156 Å². The van der Waals surface area contributed by atoms with Crippen molar-refractivity contribution in [3.8, 4) is 0 Å². The van der Waals surface area contributed by atoms with Gasteiger partial charge >= 0.3 is 0 Å². The second-order valence-corrected chi connectivity index (χ2v) is 6.41. The molecule has 1 aromatic heterocycles. The van der Waals surface area contributed by atoms with Crippen LogP contribution >= 0.6 is 23.2 Å². The van der Waals surface area contributed by atoms with Crippen molar-refractivity contribution >= 4 is 45.7 Å². The molecule has 1 heterocycles. The van der Waals surface area contributed by atoms with Crippen molar-refractivity contribution in [2.24, 2.45) is 0 Å². The summed E-state index contributed by atoms with van der Waals surface area (Å²) in [5.41, 5.74) is 2.65. The smallest absolute Gasteiger partial charge is 0.239 e. The number of rotatable bonds is 6. The molecule has 25 heavy (non-hydrogen) atoms. The molecule has 6 heteroatoms. The van der Waals surface area contributed by atoms with E-state index in [1.807, 2.05) is 36.4 Å². The van der Waals surface area contributed by atoms with E-state index in [-0.39, 0.29) is 12.5 Å². The lowest BCUT2D eigenvalue weighted by atomic mass is 10.1. The zero-order valence-electron chi connectivity index (χ0n) is 13.4. The van der Waals surface area contributed by atoms with Gasteiger partial charge in [0.2, 0.25) is 5.91 Å². The third kappa shape index (κ3) is 4.62. The molecule has 0 aliphatic carbocycles. The largest absolute Gasteiger partial charge is 0.374 e. The van der Waals surface area contributed by atoms with E-state index >= 15 is 0 Å². The van der Waals surface area contributed by atoms with Gasteiger partial charge in [0, 0.05) is 28.2 Å². The van der Waals surface area contributed by atoms with Crippen molar-refractivity contribution in [1.29, 1.82) is 0 Å². The lowest BCUT2D eigenvalue weighted by Crippen LogP contribution is -2.31. The Morgan fingerprint density at radius 1 is 1.08 bits per heavy atom. The number of pyridine rings is 1. The van der Waals surface area contributed by atoms with Crippen LogP contribution in [0.3, 0.4) is 0 Å². The zero-order chi connectivity index (χ0) is 17.6. The van der Waals surface area contributed by atoms with E-state index in [4.69, 9.17) is 23.2 Å². The van der Waals surface area contributed by atoms with Gasteiger partial charge in [-0.3, -0.25) is 9.78 Å². The van der Waals surface area contributed by atoms with Crippen LogP contribution in [-0.2, 0) is 11.2 Å². The first-order valence-electron chi connectivity index (χ1n) is 7.92. The van der Waals surface area contributed by atoms with Crippen LogP contribution in [0.15, 0.2) is 54.7 Å². The quantitative estimate of drug-likeness (QED) is 0.676. The van der Waals surface area contributed by atoms with Gasteiger partial charge in [0.25, 0.3) is 0 Å². The standard InChI is InChI=1S/C19H17Cl2N3O/c20-15-7-6-13(16(21)11-15)8-10-22-18(25)12-24-17-5-1-3-14-4-2-9-23-19(14)17/h1-7,9,11,24H,8,10,12H2,(H,22,25). The number of benzene rings is 2. The van der Waals surface area contributed by atoms with Crippen LogP contribution in [0.25, 0.3) is 10.9 Å². The molecule has 0 saturated heterocycles. The first kappa shape index (κ1) is 17.5. The highest BCUT2D eigenvalue weighted by molar-refractivity contribution is 6.35. The van der Waals surface area contributed by atoms with Crippen LogP contribution in [0.2, 0.25) is 10.0 Å². The van der Waals surface area contributed by atoms with E-state index in [0.29, 0.717) is 23.0 Å². The molecular formula is C19H17Cl2N3O. The van der Waals surface area contributed by atoms with Crippen LogP contribution in [0.1, 0.15) is 5.56 Å². The van der Waals surface area contributed by atoms with Crippen LogP contribution < -0.4 is 10.6 Å². The van der Waals surface area contributed by atoms with Crippen LogP contribution in [0, 0.1) is 0 Å². The number of hydrogen-bond donors (Lipinski definition) is 2. The predicted molar refractivity (Wildman–Crippen MR) is 103 cm³/mol.